The highest BCUT2D eigenvalue weighted by atomic mass is 16.6. The van der Waals surface area contributed by atoms with Gasteiger partial charge in [0.2, 0.25) is 0 Å². The standard InChI is InChI=1S/C48H94O5/c1-3-5-7-9-11-13-15-17-19-21-22-23-24-25-26-27-29-31-33-35-37-39-41-43-48(51)53-46(44-49)45-52-47(50)42-40-38-36-34-32-30-28-20-18-16-14-12-10-8-6-4-2/h46,49H,3-45H2,1-2H3/t46-/m0/s1. The summed E-state index contributed by atoms with van der Waals surface area (Å²) in [7, 11) is 0. The summed E-state index contributed by atoms with van der Waals surface area (Å²) in [6.07, 6.45) is 51.9. The molecule has 0 radical (unpaired) electrons. The average Bonchev–Trinajstić information content (AvgIpc) is 3.16. The first-order valence-electron chi connectivity index (χ1n) is 24.1. The summed E-state index contributed by atoms with van der Waals surface area (Å²) in [5.41, 5.74) is 0. The molecule has 5 nitrogen and oxygen atoms in total. The molecular weight excluding hydrogens is 657 g/mol. The van der Waals surface area contributed by atoms with Crippen LogP contribution in [0.2, 0.25) is 0 Å². The molecule has 0 bridgehead atoms. The molecule has 0 saturated carbocycles. The summed E-state index contributed by atoms with van der Waals surface area (Å²) >= 11 is 0. The Labute approximate surface area is 331 Å². The van der Waals surface area contributed by atoms with Gasteiger partial charge in [0, 0.05) is 12.8 Å². The van der Waals surface area contributed by atoms with Crippen LogP contribution in [0.25, 0.3) is 0 Å². The zero-order valence-electron chi connectivity index (χ0n) is 36.1. The zero-order chi connectivity index (χ0) is 38.6. The third-order valence-corrected chi connectivity index (χ3v) is 11.2. The van der Waals surface area contributed by atoms with Gasteiger partial charge < -0.3 is 14.6 Å². The summed E-state index contributed by atoms with van der Waals surface area (Å²) in [5.74, 6) is -0.568. The van der Waals surface area contributed by atoms with Gasteiger partial charge >= 0.3 is 11.9 Å². The Kier molecular flexibility index (Phi) is 44.4. The smallest absolute Gasteiger partial charge is 0.306 e. The minimum Gasteiger partial charge on any atom is -0.462 e. The number of rotatable bonds is 45. The topological polar surface area (TPSA) is 72.8 Å². The largest absolute Gasteiger partial charge is 0.462 e. The average molecular weight is 751 g/mol. The highest BCUT2D eigenvalue weighted by molar-refractivity contribution is 5.70. The number of esters is 2. The first-order valence-corrected chi connectivity index (χ1v) is 24.1. The van der Waals surface area contributed by atoms with Crippen molar-refractivity contribution in [3.63, 3.8) is 0 Å². The monoisotopic (exact) mass is 751 g/mol. The lowest BCUT2D eigenvalue weighted by Crippen LogP contribution is -2.28. The number of unbranched alkanes of at least 4 members (excludes halogenated alkanes) is 37. The number of carbonyl (C=O) groups is 2. The number of carbonyl (C=O) groups excluding carboxylic acids is 2. The van der Waals surface area contributed by atoms with Crippen molar-refractivity contribution in [2.75, 3.05) is 13.2 Å². The molecule has 0 aromatic heterocycles. The van der Waals surface area contributed by atoms with E-state index in [1.54, 1.807) is 0 Å². The summed E-state index contributed by atoms with van der Waals surface area (Å²) in [6, 6.07) is 0. The Morgan fingerprint density at radius 1 is 0.358 bits per heavy atom. The van der Waals surface area contributed by atoms with Gasteiger partial charge in [-0.2, -0.15) is 0 Å². The van der Waals surface area contributed by atoms with Crippen molar-refractivity contribution in [1.29, 1.82) is 0 Å². The second-order valence-corrected chi connectivity index (χ2v) is 16.6. The van der Waals surface area contributed by atoms with E-state index in [0.717, 1.165) is 32.1 Å². The lowest BCUT2D eigenvalue weighted by molar-refractivity contribution is -0.161. The molecule has 0 aliphatic carbocycles. The van der Waals surface area contributed by atoms with Crippen LogP contribution in [0.3, 0.4) is 0 Å². The molecule has 0 aromatic rings. The molecule has 0 aliphatic heterocycles. The minimum atomic E-state index is -0.762. The van der Waals surface area contributed by atoms with Gasteiger partial charge in [0.1, 0.15) is 6.61 Å². The summed E-state index contributed by atoms with van der Waals surface area (Å²) in [4.78, 5) is 24.4. The SMILES string of the molecule is CCCCCCCCCCCCCCCCCCCCCCCCCC(=O)O[C@@H](CO)COC(=O)CCCCCCCCCCCCCCCCCC. The predicted octanol–water partition coefficient (Wildman–Crippen LogP) is 15.5. The molecule has 0 spiro atoms. The molecule has 53 heavy (non-hydrogen) atoms. The Balaban J connectivity index is 3.43. The molecule has 0 heterocycles. The molecule has 0 saturated heterocycles. The van der Waals surface area contributed by atoms with Crippen LogP contribution < -0.4 is 0 Å². The van der Waals surface area contributed by atoms with Gasteiger partial charge in [-0.15, -0.1) is 0 Å². The van der Waals surface area contributed by atoms with Crippen LogP contribution in [0.1, 0.15) is 277 Å². The van der Waals surface area contributed by atoms with E-state index in [2.05, 4.69) is 13.8 Å². The maximum absolute atomic E-state index is 12.2. The van der Waals surface area contributed by atoms with Gasteiger partial charge in [-0.1, -0.05) is 251 Å². The Morgan fingerprint density at radius 2 is 0.585 bits per heavy atom. The highest BCUT2D eigenvalue weighted by Gasteiger charge is 2.16. The summed E-state index contributed by atoms with van der Waals surface area (Å²) < 4.78 is 10.7. The van der Waals surface area contributed by atoms with Crippen molar-refractivity contribution >= 4 is 11.9 Å². The van der Waals surface area contributed by atoms with Crippen molar-refractivity contribution in [1.82, 2.24) is 0 Å². The van der Waals surface area contributed by atoms with Crippen molar-refractivity contribution in [3.05, 3.63) is 0 Å². The van der Waals surface area contributed by atoms with E-state index in [9.17, 15) is 14.7 Å². The van der Waals surface area contributed by atoms with Gasteiger partial charge in [-0.05, 0) is 12.8 Å². The number of ether oxygens (including phenoxy) is 2. The van der Waals surface area contributed by atoms with Gasteiger partial charge in [0.15, 0.2) is 6.10 Å². The van der Waals surface area contributed by atoms with E-state index < -0.39 is 6.10 Å². The van der Waals surface area contributed by atoms with Gasteiger partial charge in [-0.25, -0.2) is 0 Å². The molecular formula is C48H94O5. The van der Waals surface area contributed by atoms with Gasteiger partial charge in [0.25, 0.3) is 0 Å². The second-order valence-electron chi connectivity index (χ2n) is 16.6. The Bertz CT molecular complexity index is 725. The number of hydrogen-bond donors (Lipinski definition) is 1. The van der Waals surface area contributed by atoms with E-state index >= 15 is 0 Å². The van der Waals surface area contributed by atoms with Gasteiger partial charge in [0.05, 0.1) is 6.61 Å². The number of aliphatic hydroxyl groups is 1. The maximum Gasteiger partial charge on any atom is 0.306 e. The maximum atomic E-state index is 12.2. The fourth-order valence-corrected chi connectivity index (χ4v) is 7.50. The molecule has 0 aromatic carbocycles. The molecule has 1 N–H and O–H groups in total. The van der Waals surface area contributed by atoms with Gasteiger partial charge in [-0.3, -0.25) is 9.59 Å². The molecule has 5 heteroatoms. The third-order valence-electron chi connectivity index (χ3n) is 11.2. The Hall–Kier alpha value is -1.10. The molecule has 316 valence electrons. The molecule has 1 atom stereocenters. The fraction of sp³-hybridized carbons (Fsp3) is 0.958. The van der Waals surface area contributed by atoms with Crippen LogP contribution in [0, 0.1) is 0 Å². The molecule has 0 rings (SSSR count). The van der Waals surface area contributed by atoms with Crippen LogP contribution in [0.5, 0.6) is 0 Å². The fourth-order valence-electron chi connectivity index (χ4n) is 7.50. The van der Waals surface area contributed by atoms with E-state index in [1.807, 2.05) is 0 Å². The van der Waals surface area contributed by atoms with Crippen LogP contribution >= 0.6 is 0 Å². The van der Waals surface area contributed by atoms with Crippen molar-refractivity contribution in [3.8, 4) is 0 Å². The lowest BCUT2D eigenvalue weighted by Gasteiger charge is -2.15. The number of aliphatic hydroxyl groups excluding tert-OH is 1. The lowest BCUT2D eigenvalue weighted by atomic mass is 10.0. The van der Waals surface area contributed by atoms with Crippen LogP contribution in [0.15, 0.2) is 0 Å². The zero-order valence-corrected chi connectivity index (χ0v) is 36.1. The van der Waals surface area contributed by atoms with E-state index in [4.69, 9.17) is 9.47 Å². The highest BCUT2D eigenvalue weighted by Crippen LogP contribution is 2.17. The second kappa shape index (κ2) is 45.3. The molecule has 0 aliphatic rings. The first-order chi connectivity index (χ1) is 26.1. The summed E-state index contributed by atoms with van der Waals surface area (Å²) in [5, 5.41) is 9.60. The van der Waals surface area contributed by atoms with Crippen LogP contribution in [-0.4, -0.2) is 36.4 Å². The van der Waals surface area contributed by atoms with E-state index in [1.165, 1.54) is 218 Å². The van der Waals surface area contributed by atoms with Crippen LogP contribution in [-0.2, 0) is 19.1 Å². The normalized spacial score (nSPS) is 12.0. The van der Waals surface area contributed by atoms with Crippen molar-refractivity contribution in [2.24, 2.45) is 0 Å². The third kappa shape index (κ3) is 43.5. The van der Waals surface area contributed by atoms with Crippen LogP contribution in [0.4, 0.5) is 0 Å². The summed E-state index contributed by atoms with van der Waals surface area (Å²) in [6.45, 7) is 4.19. The van der Waals surface area contributed by atoms with E-state index in [0.29, 0.717) is 12.8 Å². The Morgan fingerprint density at radius 3 is 0.830 bits per heavy atom. The molecule has 0 unspecified atom stereocenters. The predicted molar refractivity (Wildman–Crippen MR) is 229 cm³/mol. The quantitative estimate of drug-likeness (QED) is 0.0495. The van der Waals surface area contributed by atoms with E-state index in [-0.39, 0.29) is 25.2 Å². The number of hydrogen-bond acceptors (Lipinski definition) is 5. The van der Waals surface area contributed by atoms with Crippen molar-refractivity contribution in [2.45, 2.75) is 283 Å². The molecule has 0 fully saturated rings. The first kappa shape index (κ1) is 51.9. The molecule has 0 amide bonds. The van der Waals surface area contributed by atoms with Crippen molar-refractivity contribution < 1.29 is 24.2 Å². The minimum absolute atomic E-state index is 0.0562.